The lowest BCUT2D eigenvalue weighted by Crippen LogP contribution is -2.25. The van der Waals surface area contributed by atoms with Gasteiger partial charge < -0.3 is 4.74 Å². The van der Waals surface area contributed by atoms with Crippen LogP contribution in [0.5, 0.6) is 0 Å². The summed E-state index contributed by atoms with van der Waals surface area (Å²) < 4.78 is 5.24. The molecule has 0 unspecified atom stereocenters. The highest BCUT2D eigenvalue weighted by molar-refractivity contribution is 5.91. The topological polar surface area (TPSA) is 38.7 Å². The van der Waals surface area contributed by atoms with Crippen LogP contribution in [0.2, 0.25) is 0 Å². The molecule has 0 radical (unpaired) electrons. The number of hydrogen-bond donors (Lipinski definition) is 0. The molecule has 3 heteroatoms. The normalized spacial score (nSPS) is 11.6. The summed E-state index contributed by atoms with van der Waals surface area (Å²) in [4.78, 5) is 15.9. The van der Waals surface area contributed by atoms with E-state index in [-0.39, 0.29) is 12.5 Å². The van der Waals surface area contributed by atoms with E-state index in [9.17, 15) is 4.79 Å². The monoisotopic (exact) mass is 295 g/mol. The van der Waals surface area contributed by atoms with Crippen molar-refractivity contribution in [3.05, 3.63) is 60.2 Å². The van der Waals surface area contributed by atoms with Crippen LogP contribution in [-0.4, -0.2) is 24.3 Å². The van der Waals surface area contributed by atoms with Crippen LogP contribution >= 0.6 is 0 Å². The molecule has 0 aliphatic carbocycles. The van der Waals surface area contributed by atoms with Gasteiger partial charge in [0.05, 0.1) is 0 Å². The van der Waals surface area contributed by atoms with Crippen molar-refractivity contribution in [1.29, 1.82) is 0 Å². The zero-order chi connectivity index (χ0) is 16.0. The van der Waals surface area contributed by atoms with Crippen LogP contribution in [0.25, 0.3) is 11.1 Å². The minimum atomic E-state index is -0.478. The van der Waals surface area contributed by atoms with E-state index in [0.29, 0.717) is 0 Å². The fourth-order valence-electron chi connectivity index (χ4n) is 2.08. The van der Waals surface area contributed by atoms with Gasteiger partial charge in [-0.1, -0.05) is 54.6 Å². The first kappa shape index (κ1) is 16.0. The zero-order valence-electron chi connectivity index (χ0n) is 13.2. The van der Waals surface area contributed by atoms with Crippen LogP contribution in [0.15, 0.2) is 59.6 Å². The van der Waals surface area contributed by atoms with E-state index in [2.05, 4.69) is 17.1 Å². The first-order valence-corrected chi connectivity index (χ1v) is 7.32. The number of benzene rings is 2. The fourth-order valence-corrected chi connectivity index (χ4v) is 2.08. The van der Waals surface area contributed by atoms with Gasteiger partial charge in [-0.3, -0.25) is 9.79 Å². The zero-order valence-corrected chi connectivity index (χ0v) is 13.2. The van der Waals surface area contributed by atoms with Gasteiger partial charge in [0.15, 0.2) is 0 Å². The highest BCUT2D eigenvalue weighted by Gasteiger charge is 2.15. The van der Waals surface area contributed by atoms with Crippen LogP contribution in [0.1, 0.15) is 26.3 Å². The Morgan fingerprint density at radius 3 is 2.36 bits per heavy atom. The second-order valence-corrected chi connectivity index (χ2v) is 6.01. The first-order valence-electron chi connectivity index (χ1n) is 7.32. The van der Waals surface area contributed by atoms with Gasteiger partial charge in [-0.05, 0) is 31.9 Å². The van der Waals surface area contributed by atoms with Gasteiger partial charge in [0.1, 0.15) is 12.1 Å². The third-order valence-corrected chi connectivity index (χ3v) is 2.92. The second kappa shape index (κ2) is 7.03. The number of carbonyl (C=O) groups excluding carboxylic acids is 1. The van der Waals surface area contributed by atoms with Crippen LogP contribution in [-0.2, 0) is 9.53 Å². The van der Waals surface area contributed by atoms with Crippen molar-refractivity contribution in [3.8, 4) is 11.1 Å². The summed E-state index contributed by atoms with van der Waals surface area (Å²) in [5, 5.41) is 0. The Balaban J connectivity index is 2.11. The standard InChI is InChI=1S/C19H21NO2/c1-19(2,3)22-18(21)14-20-13-16-11-7-8-12-17(16)15-9-5-4-6-10-15/h4-13H,14H2,1-3H3. The Hall–Kier alpha value is -2.42. The minimum absolute atomic E-state index is 0.0282. The number of esters is 1. The Kier molecular flexibility index (Phi) is 5.10. The second-order valence-electron chi connectivity index (χ2n) is 6.01. The molecule has 0 fully saturated rings. The SMILES string of the molecule is CC(C)(C)OC(=O)CN=Cc1ccccc1-c1ccccc1. The largest absolute Gasteiger partial charge is 0.459 e. The van der Waals surface area contributed by atoms with Gasteiger partial charge >= 0.3 is 5.97 Å². The summed E-state index contributed by atoms with van der Waals surface area (Å²) in [7, 11) is 0. The summed E-state index contributed by atoms with van der Waals surface area (Å²) in [6, 6.07) is 18.1. The number of ether oxygens (including phenoxy) is 1. The molecular formula is C19H21NO2. The van der Waals surface area contributed by atoms with E-state index in [1.165, 1.54) is 0 Å². The van der Waals surface area contributed by atoms with Gasteiger partial charge in [0, 0.05) is 11.8 Å². The molecule has 0 amide bonds. The molecule has 114 valence electrons. The smallest absolute Gasteiger partial charge is 0.328 e. The average Bonchev–Trinajstić information content (AvgIpc) is 2.47. The summed E-state index contributed by atoms with van der Waals surface area (Å²) in [6.07, 6.45) is 1.73. The maximum atomic E-state index is 11.7. The molecule has 2 aromatic rings. The lowest BCUT2D eigenvalue weighted by molar-refractivity contribution is -0.152. The number of nitrogens with zero attached hydrogens (tertiary/aromatic N) is 1. The van der Waals surface area contributed by atoms with E-state index >= 15 is 0 Å². The van der Waals surface area contributed by atoms with Crippen molar-refractivity contribution in [2.45, 2.75) is 26.4 Å². The van der Waals surface area contributed by atoms with Crippen LogP contribution < -0.4 is 0 Å². The summed E-state index contributed by atoms with van der Waals surface area (Å²) in [5.41, 5.74) is 2.73. The van der Waals surface area contributed by atoms with E-state index in [0.717, 1.165) is 16.7 Å². The van der Waals surface area contributed by atoms with Crippen molar-refractivity contribution in [3.63, 3.8) is 0 Å². The van der Waals surface area contributed by atoms with Gasteiger partial charge in [-0.25, -0.2) is 0 Å². The third kappa shape index (κ3) is 4.85. The lowest BCUT2D eigenvalue weighted by Gasteiger charge is -2.18. The Bertz CT molecular complexity index is 655. The molecule has 0 atom stereocenters. The molecule has 0 aromatic heterocycles. The number of hydrogen-bond acceptors (Lipinski definition) is 3. The molecule has 0 N–H and O–H groups in total. The van der Waals surface area contributed by atoms with Crippen LogP contribution in [0.4, 0.5) is 0 Å². The maximum Gasteiger partial charge on any atom is 0.328 e. The summed E-state index contributed by atoms with van der Waals surface area (Å²) >= 11 is 0. The van der Waals surface area contributed by atoms with Gasteiger partial charge in [0.2, 0.25) is 0 Å². The highest BCUT2D eigenvalue weighted by atomic mass is 16.6. The third-order valence-electron chi connectivity index (χ3n) is 2.92. The molecule has 3 nitrogen and oxygen atoms in total. The lowest BCUT2D eigenvalue weighted by atomic mass is 10.0. The van der Waals surface area contributed by atoms with Gasteiger partial charge in [0.25, 0.3) is 0 Å². The molecule has 2 aromatic carbocycles. The molecular weight excluding hydrogens is 274 g/mol. The predicted molar refractivity (Wildman–Crippen MR) is 90.2 cm³/mol. The van der Waals surface area contributed by atoms with Crippen molar-refractivity contribution in [2.75, 3.05) is 6.54 Å². The summed E-state index contributed by atoms with van der Waals surface area (Å²) in [5.74, 6) is -0.319. The van der Waals surface area contributed by atoms with Crippen molar-refractivity contribution >= 4 is 12.2 Å². The van der Waals surface area contributed by atoms with Crippen molar-refractivity contribution in [1.82, 2.24) is 0 Å². The van der Waals surface area contributed by atoms with Crippen molar-refractivity contribution < 1.29 is 9.53 Å². The van der Waals surface area contributed by atoms with Crippen LogP contribution in [0.3, 0.4) is 0 Å². The molecule has 0 aliphatic heterocycles. The van der Waals surface area contributed by atoms with E-state index < -0.39 is 5.60 Å². The molecule has 0 heterocycles. The van der Waals surface area contributed by atoms with Crippen molar-refractivity contribution in [2.24, 2.45) is 4.99 Å². The van der Waals surface area contributed by atoms with E-state index in [4.69, 9.17) is 4.74 Å². The first-order chi connectivity index (χ1) is 10.5. The number of carbonyl (C=O) groups is 1. The number of rotatable bonds is 4. The number of aliphatic imine (C=N–C) groups is 1. The molecule has 0 saturated carbocycles. The maximum absolute atomic E-state index is 11.7. The highest BCUT2D eigenvalue weighted by Crippen LogP contribution is 2.22. The summed E-state index contributed by atoms with van der Waals surface area (Å²) in [6.45, 7) is 5.57. The Morgan fingerprint density at radius 1 is 1.05 bits per heavy atom. The molecule has 0 saturated heterocycles. The molecule has 22 heavy (non-hydrogen) atoms. The quantitative estimate of drug-likeness (QED) is 0.629. The molecule has 2 rings (SSSR count). The van der Waals surface area contributed by atoms with E-state index in [1.54, 1.807) is 6.21 Å². The van der Waals surface area contributed by atoms with Gasteiger partial charge in [-0.15, -0.1) is 0 Å². The predicted octanol–water partition coefficient (Wildman–Crippen LogP) is 4.11. The van der Waals surface area contributed by atoms with E-state index in [1.807, 2.05) is 63.2 Å². The molecule has 0 bridgehead atoms. The molecule has 0 spiro atoms. The van der Waals surface area contributed by atoms with Crippen LogP contribution in [0, 0.1) is 0 Å². The van der Waals surface area contributed by atoms with Gasteiger partial charge in [-0.2, -0.15) is 0 Å². The Morgan fingerprint density at radius 2 is 1.68 bits per heavy atom. The molecule has 0 aliphatic rings. The minimum Gasteiger partial charge on any atom is -0.459 e. The Labute approximate surface area is 131 Å². The average molecular weight is 295 g/mol. The fraction of sp³-hybridized carbons (Fsp3) is 0.263.